The molecule has 1 amide bonds. The van der Waals surface area contributed by atoms with Crippen LogP contribution in [0, 0.1) is 18.3 Å². The molecule has 1 saturated carbocycles. The Balaban J connectivity index is 2.02. The maximum Gasteiger partial charge on any atom is 0.269 e. The average Bonchev–Trinajstić information content (AvgIpc) is 2.88. The number of benzene rings is 1. The molecule has 24 heavy (non-hydrogen) atoms. The molecule has 0 aliphatic heterocycles. The standard InChI is InChI=1S/C19H22N4O/c1-3-11-21-19(24)18-13(2)17(22-23(18)16-5-4-6-16)15-9-7-14(12-20)8-10-15/h7-10,16H,3-6,11H2,1-2H3,(H,21,24). The van der Waals surface area contributed by atoms with E-state index in [1.165, 1.54) is 6.42 Å². The van der Waals surface area contributed by atoms with Crippen molar-refractivity contribution in [3.05, 3.63) is 41.1 Å². The van der Waals surface area contributed by atoms with Crippen LogP contribution in [0.3, 0.4) is 0 Å². The Kier molecular flexibility index (Phi) is 4.66. The molecular formula is C19H22N4O. The molecule has 124 valence electrons. The van der Waals surface area contributed by atoms with Gasteiger partial charge in [0, 0.05) is 17.7 Å². The summed E-state index contributed by atoms with van der Waals surface area (Å²) in [6.07, 6.45) is 4.24. The number of carbonyl (C=O) groups excluding carboxylic acids is 1. The molecule has 0 atom stereocenters. The fourth-order valence-corrected chi connectivity index (χ4v) is 2.99. The summed E-state index contributed by atoms with van der Waals surface area (Å²) in [6, 6.07) is 9.81. The third-order valence-corrected chi connectivity index (χ3v) is 4.61. The third kappa shape index (κ3) is 2.92. The van der Waals surface area contributed by atoms with E-state index in [9.17, 15) is 4.79 Å². The molecule has 1 fully saturated rings. The number of nitrogens with one attached hydrogen (secondary N) is 1. The van der Waals surface area contributed by atoms with E-state index in [1.54, 1.807) is 12.1 Å². The van der Waals surface area contributed by atoms with Gasteiger partial charge >= 0.3 is 0 Å². The van der Waals surface area contributed by atoms with E-state index in [0.717, 1.165) is 36.1 Å². The predicted octanol–water partition coefficient (Wildman–Crippen LogP) is 3.60. The summed E-state index contributed by atoms with van der Waals surface area (Å²) < 4.78 is 1.91. The van der Waals surface area contributed by atoms with Gasteiger partial charge in [-0.3, -0.25) is 9.48 Å². The highest BCUT2D eigenvalue weighted by Gasteiger charge is 2.29. The minimum absolute atomic E-state index is 0.0476. The number of hydrogen-bond acceptors (Lipinski definition) is 3. The molecule has 5 nitrogen and oxygen atoms in total. The fraction of sp³-hybridized carbons (Fsp3) is 0.421. The lowest BCUT2D eigenvalue weighted by Gasteiger charge is -2.27. The number of nitriles is 1. The molecule has 0 bridgehead atoms. The van der Waals surface area contributed by atoms with Gasteiger partial charge in [0.05, 0.1) is 23.4 Å². The summed E-state index contributed by atoms with van der Waals surface area (Å²) in [6.45, 7) is 4.66. The van der Waals surface area contributed by atoms with E-state index in [4.69, 9.17) is 10.4 Å². The van der Waals surface area contributed by atoms with E-state index in [1.807, 2.05) is 30.7 Å². The van der Waals surface area contributed by atoms with Crippen molar-refractivity contribution in [1.29, 1.82) is 5.26 Å². The van der Waals surface area contributed by atoms with Gasteiger partial charge in [-0.2, -0.15) is 10.4 Å². The van der Waals surface area contributed by atoms with Crippen LogP contribution in [0.15, 0.2) is 24.3 Å². The van der Waals surface area contributed by atoms with Crippen LogP contribution >= 0.6 is 0 Å². The van der Waals surface area contributed by atoms with Gasteiger partial charge in [0.25, 0.3) is 5.91 Å². The van der Waals surface area contributed by atoms with Gasteiger partial charge < -0.3 is 5.32 Å². The van der Waals surface area contributed by atoms with Gasteiger partial charge in [-0.15, -0.1) is 0 Å². The zero-order valence-electron chi connectivity index (χ0n) is 14.2. The van der Waals surface area contributed by atoms with Crippen LogP contribution in [0.2, 0.25) is 0 Å². The van der Waals surface area contributed by atoms with Crippen molar-refractivity contribution in [2.75, 3.05) is 6.54 Å². The molecule has 1 aromatic heterocycles. The number of aromatic nitrogens is 2. The largest absolute Gasteiger partial charge is 0.351 e. The van der Waals surface area contributed by atoms with Crippen molar-refractivity contribution in [2.45, 2.75) is 45.6 Å². The molecule has 3 rings (SSSR count). The van der Waals surface area contributed by atoms with Crippen molar-refractivity contribution in [2.24, 2.45) is 0 Å². The number of amides is 1. The van der Waals surface area contributed by atoms with E-state index in [-0.39, 0.29) is 5.91 Å². The summed E-state index contributed by atoms with van der Waals surface area (Å²) in [5.41, 5.74) is 3.96. The number of nitrogens with zero attached hydrogens (tertiary/aromatic N) is 3. The van der Waals surface area contributed by atoms with Gasteiger partial charge in [0.2, 0.25) is 0 Å². The van der Waals surface area contributed by atoms with E-state index in [2.05, 4.69) is 11.4 Å². The normalized spacial score (nSPS) is 14.0. The molecule has 1 aliphatic carbocycles. The topological polar surface area (TPSA) is 70.7 Å². The zero-order valence-corrected chi connectivity index (χ0v) is 14.2. The Hall–Kier alpha value is -2.61. The molecule has 5 heteroatoms. The van der Waals surface area contributed by atoms with E-state index < -0.39 is 0 Å². The minimum Gasteiger partial charge on any atom is -0.351 e. The van der Waals surface area contributed by atoms with Gasteiger partial charge in [-0.1, -0.05) is 19.1 Å². The lowest BCUT2D eigenvalue weighted by molar-refractivity contribution is 0.0934. The third-order valence-electron chi connectivity index (χ3n) is 4.61. The molecule has 1 aliphatic rings. The lowest BCUT2D eigenvalue weighted by atomic mass is 9.93. The van der Waals surface area contributed by atoms with Crippen molar-refractivity contribution < 1.29 is 4.79 Å². The second-order valence-corrected chi connectivity index (χ2v) is 6.30. The van der Waals surface area contributed by atoms with Crippen LogP contribution < -0.4 is 5.32 Å². The lowest BCUT2D eigenvalue weighted by Crippen LogP contribution is -2.30. The van der Waals surface area contributed by atoms with Crippen molar-refractivity contribution >= 4 is 5.91 Å². The molecule has 0 unspecified atom stereocenters. The maximum absolute atomic E-state index is 12.6. The van der Waals surface area contributed by atoms with Crippen molar-refractivity contribution in [3.8, 4) is 17.3 Å². The Labute approximate surface area is 142 Å². The zero-order chi connectivity index (χ0) is 17.1. The van der Waals surface area contributed by atoms with Crippen molar-refractivity contribution in [3.63, 3.8) is 0 Å². The number of hydrogen-bond donors (Lipinski definition) is 1. The molecule has 0 saturated heterocycles. The first-order valence-electron chi connectivity index (χ1n) is 8.53. The first-order valence-corrected chi connectivity index (χ1v) is 8.53. The van der Waals surface area contributed by atoms with Gasteiger partial charge in [-0.05, 0) is 44.7 Å². The molecule has 1 N–H and O–H groups in total. The quantitative estimate of drug-likeness (QED) is 0.914. The van der Waals surface area contributed by atoms with Gasteiger partial charge in [-0.25, -0.2) is 0 Å². The highest BCUT2D eigenvalue weighted by Crippen LogP contribution is 2.35. The second kappa shape index (κ2) is 6.88. The molecule has 1 aromatic carbocycles. The minimum atomic E-state index is -0.0476. The Morgan fingerprint density at radius 2 is 2.08 bits per heavy atom. The molecule has 2 aromatic rings. The Bertz CT molecular complexity index is 779. The predicted molar refractivity (Wildman–Crippen MR) is 92.6 cm³/mol. The summed E-state index contributed by atoms with van der Waals surface area (Å²) >= 11 is 0. The monoisotopic (exact) mass is 322 g/mol. The van der Waals surface area contributed by atoms with Crippen LogP contribution in [0.25, 0.3) is 11.3 Å². The van der Waals surface area contributed by atoms with Gasteiger partial charge in [0.15, 0.2) is 0 Å². The summed E-state index contributed by atoms with van der Waals surface area (Å²) in [4.78, 5) is 12.6. The number of rotatable bonds is 5. The van der Waals surface area contributed by atoms with E-state index >= 15 is 0 Å². The van der Waals surface area contributed by atoms with E-state index in [0.29, 0.717) is 23.8 Å². The van der Waals surface area contributed by atoms with Crippen LogP contribution in [0.5, 0.6) is 0 Å². The Morgan fingerprint density at radius 3 is 2.62 bits per heavy atom. The highest BCUT2D eigenvalue weighted by atomic mass is 16.2. The van der Waals surface area contributed by atoms with Gasteiger partial charge in [0.1, 0.15) is 5.69 Å². The van der Waals surface area contributed by atoms with Crippen LogP contribution in [-0.4, -0.2) is 22.2 Å². The molecule has 1 heterocycles. The number of carbonyl (C=O) groups is 1. The fourth-order valence-electron chi connectivity index (χ4n) is 2.99. The first kappa shape index (κ1) is 16.3. The van der Waals surface area contributed by atoms with Crippen LogP contribution in [-0.2, 0) is 0 Å². The summed E-state index contributed by atoms with van der Waals surface area (Å²) in [7, 11) is 0. The molecule has 0 spiro atoms. The summed E-state index contributed by atoms with van der Waals surface area (Å²) in [5.74, 6) is -0.0476. The summed E-state index contributed by atoms with van der Waals surface area (Å²) in [5, 5.41) is 16.7. The average molecular weight is 322 g/mol. The molecule has 0 radical (unpaired) electrons. The van der Waals surface area contributed by atoms with Crippen LogP contribution in [0.1, 0.15) is 60.3 Å². The van der Waals surface area contributed by atoms with Crippen molar-refractivity contribution in [1.82, 2.24) is 15.1 Å². The smallest absolute Gasteiger partial charge is 0.269 e. The molecular weight excluding hydrogens is 300 g/mol. The highest BCUT2D eigenvalue weighted by molar-refractivity contribution is 5.95. The Morgan fingerprint density at radius 1 is 1.38 bits per heavy atom. The SMILES string of the molecule is CCCNC(=O)c1c(C)c(-c2ccc(C#N)cc2)nn1C1CCC1. The maximum atomic E-state index is 12.6. The second-order valence-electron chi connectivity index (χ2n) is 6.30. The first-order chi connectivity index (χ1) is 11.7. The van der Waals surface area contributed by atoms with Crippen LogP contribution in [0.4, 0.5) is 0 Å².